The van der Waals surface area contributed by atoms with Gasteiger partial charge in [-0.1, -0.05) is 6.42 Å². The number of ether oxygens (including phenoxy) is 1. The first-order valence-corrected chi connectivity index (χ1v) is 7.84. The molecule has 5 heteroatoms. The molecule has 1 aliphatic carbocycles. The molecular weight excluding hydrogens is 309 g/mol. The Bertz CT molecular complexity index is 474. The monoisotopic (exact) mass is 329 g/mol. The first-order valence-electron chi connectivity index (χ1n) is 7.46. The molecule has 3 rings (SSSR count). The Morgan fingerprint density at radius 3 is 2.38 bits per heavy atom. The van der Waals surface area contributed by atoms with Crippen molar-refractivity contribution in [3.05, 3.63) is 29.8 Å². The van der Waals surface area contributed by atoms with Crippen LogP contribution in [-0.4, -0.2) is 29.0 Å². The summed E-state index contributed by atoms with van der Waals surface area (Å²) in [4.78, 5) is 13.6. The van der Waals surface area contributed by atoms with Crippen LogP contribution in [0.3, 0.4) is 0 Å². The Kier molecular flexibility index (Phi) is 5.91. The second-order valence-electron chi connectivity index (χ2n) is 5.69. The van der Waals surface area contributed by atoms with Gasteiger partial charge in [-0.2, -0.15) is 0 Å². The van der Waals surface area contributed by atoms with Crippen LogP contribution >= 0.6 is 24.0 Å². The second-order valence-corrected chi connectivity index (χ2v) is 6.03. The molecule has 2 aliphatic rings. The van der Waals surface area contributed by atoms with E-state index in [1.165, 1.54) is 32.1 Å². The maximum Gasteiger partial charge on any atom is 0.252 e. The molecule has 1 saturated heterocycles. The van der Waals surface area contributed by atoms with Gasteiger partial charge in [0, 0.05) is 18.2 Å². The number of hydrogen-bond donors (Lipinski definition) is 0. The summed E-state index contributed by atoms with van der Waals surface area (Å²) in [6.07, 6.45) is 7.74. The highest BCUT2D eigenvalue weighted by Gasteiger charge is 2.33. The number of rotatable bonds is 4. The summed E-state index contributed by atoms with van der Waals surface area (Å²) in [5.74, 6) is 0.822. The SMILES string of the molecule is Cl.O=C(Cl)c1ccc(OC2CCCCN2C2CCC2)cc1. The maximum absolute atomic E-state index is 11.1. The van der Waals surface area contributed by atoms with Crippen LogP contribution in [0.2, 0.25) is 0 Å². The van der Waals surface area contributed by atoms with Gasteiger partial charge in [0.15, 0.2) is 6.23 Å². The van der Waals surface area contributed by atoms with E-state index in [0.29, 0.717) is 11.6 Å². The fourth-order valence-electron chi connectivity index (χ4n) is 3.01. The predicted octanol–water partition coefficient (Wildman–Crippen LogP) is 4.23. The van der Waals surface area contributed by atoms with Crippen LogP contribution in [-0.2, 0) is 0 Å². The number of halogens is 2. The lowest BCUT2D eigenvalue weighted by Gasteiger charge is -2.44. The molecule has 0 aromatic heterocycles. The summed E-state index contributed by atoms with van der Waals surface area (Å²) in [6.45, 7) is 1.15. The molecule has 0 radical (unpaired) electrons. The van der Waals surface area contributed by atoms with E-state index in [1.807, 2.05) is 12.1 Å². The van der Waals surface area contributed by atoms with Crippen LogP contribution in [0.4, 0.5) is 0 Å². The number of nitrogens with zero attached hydrogens (tertiary/aromatic N) is 1. The van der Waals surface area contributed by atoms with Gasteiger partial charge in [-0.05, 0) is 68.0 Å². The molecule has 1 aliphatic heterocycles. The van der Waals surface area contributed by atoms with Gasteiger partial charge in [-0.3, -0.25) is 9.69 Å². The Labute approximate surface area is 137 Å². The van der Waals surface area contributed by atoms with Crippen LogP contribution < -0.4 is 4.74 Å². The zero-order chi connectivity index (χ0) is 13.9. The lowest BCUT2D eigenvalue weighted by molar-refractivity contribution is -0.0523. The van der Waals surface area contributed by atoms with Crippen molar-refractivity contribution in [1.29, 1.82) is 0 Å². The van der Waals surface area contributed by atoms with E-state index in [-0.39, 0.29) is 18.6 Å². The summed E-state index contributed by atoms with van der Waals surface area (Å²) in [5, 5.41) is -0.426. The lowest BCUT2D eigenvalue weighted by atomic mass is 9.89. The van der Waals surface area contributed by atoms with Crippen molar-refractivity contribution in [3.63, 3.8) is 0 Å². The van der Waals surface area contributed by atoms with E-state index >= 15 is 0 Å². The average molecular weight is 330 g/mol. The molecule has 0 N–H and O–H groups in total. The second kappa shape index (κ2) is 7.48. The van der Waals surface area contributed by atoms with Crippen LogP contribution in [0.1, 0.15) is 48.9 Å². The first kappa shape index (κ1) is 16.6. The topological polar surface area (TPSA) is 29.5 Å². The summed E-state index contributed by atoms with van der Waals surface area (Å²) in [6, 6.07) is 7.83. The van der Waals surface area contributed by atoms with E-state index in [9.17, 15) is 4.79 Å². The van der Waals surface area contributed by atoms with Crippen LogP contribution in [0.15, 0.2) is 24.3 Å². The molecule has 0 bridgehead atoms. The number of carbonyl (C=O) groups is 1. The molecule has 0 spiro atoms. The minimum absolute atomic E-state index is 0. The molecule has 1 unspecified atom stereocenters. The van der Waals surface area contributed by atoms with Crippen molar-refractivity contribution in [2.24, 2.45) is 0 Å². The van der Waals surface area contributed by atoms with Gasteiger partial charge < -0.3 is 4.74 Å². The molecule has 21 heavy (non-hydrogen) atoms. The van der Waals surface area contributed by atoms with Gasteiger partial charge in [0.1, 0.15) is 5.75 Å². The molecule has 1 heterocycles. The quantitative estimate of drug-likeness (QED) is 0.774. The Balaban J connectivity index is 0.00000161. The lowest BCUT2D eigenvalue weighted by Crippen LogP contribution is -2.51. The summed E-state index contributed by atoms with van der Waals surface area (Å²) in [5.41, 5.74) is 0.513. The molecule has 3 nitrogen and oxygen atoms in total. The number of likely N-dealkylation sites (tertiary alicyclic amines) is 1. The molecular formula is C16H21Cl2NO2. The van der Waals surface area contributed by atoms with Crippen molar-refractivity contribution in [3.8, 4) is 5.75 Å². The van der Waals surface area contributed by atoms with Crippen LogP contribution in [0.25, 0.3) is 0 Å². The van der Waals surface area contributed by atoms with E-state index < -0.39 is 5.24 Å². The smallest absolute Gasteiger partial charge is 0.252 e. The van der Waals surface area contributed by atoms with Crippen molar-refractivity contribution in [1.82, 2.24) is 4.90 Å². The highest BCUT2D eigenvalue weighted by atomic mass is 35.5. The summed E-state index contributed by atoms with van der Waals surface area (Å²) >= 11 is 5.45. The normalized spacial score (nSPS) is 23.0. The number of hydrogen-bond acceptors (Lipinski definition) is 3. The van der Waals surface area contributed by atoms with Crippen molar-refractivity contribution >= 4 is 29.3 Å². The standard InChI is InChI=1S/C16H20ClNO2.ClH/c17-16(19)12-7-9-14(10-8-12)20-15-6-1-2-11-18(15)13-4-3-5-13;/h7-10,13,15H,1-6,11H2;1H. The van der Waals surface area contributed by atoms with Crippen molar-refractivity contribution in [2.45, 2.75) is 50.8 Å². The molecule has 2 fully saturated rings. The maximum atomic E-state index is 11.1. The van der Waals surface area contributed by atoms with E-state index in [2.05, 4.69) is 4.90 Å². The van der Waals surface area contributed by atoms with Gasteiger partial charge in [-0.15, -0.1) is 12.4 Å². The van der Waals surface area contributed by atoms with Gasteiger partial charge in [0.25, 0.3) is 5.24 Å². The average Bonchev–Trinajstić information content (AvgIpc) is 2.39. The van der Waals surface area contributed by atoms with Gasteiger partial charge in [0.05, 0.1) is 0 Å². The van der Waals surface area contributed by atoms with Gasteiger partial charge in [0.2, 0.25) is 0 Å². The Morgan fingerprint density at radius 1 is 1.10 bits per heavy atom. The molecule has 0 amide bonds. The Hall–Kier alpha value is -0.770. The third kappa shape index (κ3) is 3.91. The number of benzene rings is 1. The molecule has 1 aromatic rings. The predicted molar refractivity (Wildman–Crippen MR) is 86.5 cm³/mol. The number of piperidine rings is 1. The Morgan fingerprint density at radius 2 is 1.81 bits per heavy atom. The zero-order valence-corrected chi connectivity index (χ0v) is 13.5. The summed E-state index contributed by atoms with van der Waals surface area (Å²) < 4.78 is 6.13. The van der Waals surface area contributed by atoms with Gasteiger partial charge in [-0.25, -0.2) is 0 Å². The van der Waals surface area contributed by atoms with E-state index in [1.54, 1.807) is 12.1 Å². The highest BCUT2D eigenvalue weighted by Crippen LogP contribution is 2.31. The molecule has 1 saturated carbocycles. The highest BCUT2D eigenvalue weighted by molar-refractivity contribution is 6.67. The van der Waals surface area contributed by atoms with Crippen molar-refractivity contribution in [2.75, 3.05) is 6.54 Å². The van der Waals surface area contributed by atoms with Crippen LogP contribution in [0.5, 0.6) is 5.75 Å². The minimum atomic E-state index is -0.426. The largest absolute Gasteiger partial charge is 0.475 e. The van der Waals surface area contributed by atoms with Crippen molar-refractivity contribution < 1.29 is 9.53 Å². The third-order valence-electron chi connectivity index (χ3n) is 4.38. The number of carbonyl (C=O) groups excluding carboxylic acids is 1. The zero-order valence-electron chi connectivity index (χ0n) is 12.0. The summed E-state index contributed by atoms with van der Waals surface area (Å²) in [7, 11) is 0. The molecule has 1 aromatic carbocycles. The fourth-order valence-corrected chi connectivity index (χ4v) is 3.13. The molecule has 116 valence electrons. The fraction of sp³-hybridized carbons (Fsp3) is 0.562. The minimum Gasteiger partial charge on any atom is -0.475 e. The first-order chi connectivity index (χ1) is 9.74. The molecule has 1 atom stereocenters. The van der Waals surface area contributed by atoms with Crippen LogP contribution in [0, 0.1) is 0 Å². The van der Waals surface area contributed by atoms with Gasteiger partial charge >= 0.3 is 0 Å². The van der Waals surface area contributed by atoms with E-state index in [4.69, 9.17) is 16.3 Å². The third-order valence-corrected chi connectivity index (χ3v) is 4.60. The van der Waals surface area contributed by atoms with E-state index in [0.717, 1.165) is 18.7 Å².